The normalized spacial score (nSPS) is 25.9. The van der Waals surface area contributed by atoms with Crippen LogP contribution in [-0.4, -0.2) is 28.7 Å². The van der Waals surface area contributed by atoms with Crippen molar-refractivity contribution in [2.75, 3.05) is 16.8 Å². The Kier molecular flexibility index (Phi) is 4.12. The van der Waals surface area contributed by atoms with Gasteiger partial charge in [0.1, 0.15) is 11.9 Å². The molecule has 0 bridgehead atoms. The smallest absolute Gasteiger partial charge is 0.335 e. The molecule has 0 unspecified atom stereocenters. The molecule has 3 aliphatic rings. The Bertz CT molecular complexity index is 922. The molecule has 0 amide bonds. The number of aromatic carboxylic acids is 1. The molecule has 2 aromatic carbocycles. The number of carbonyl (C=O) groups is 1. The van der Waals surface area contributed by atoms with Gasteiger partial charge in [-0.05, 0) is 53.8 Å². The fourth-order valence-corrected chi connectivity index (χ4v) is 4.88. The average Bonchev–Trinajstić information content (AvgIpc) is 3.14. The summed E-state index contributed by atoms with van der Waals surface area (Å²) in [6.45, 7) is 0. The van der Waals surface area contributed by atoms with Gasteiger partial charge in [-0.15, -0.1) is 0 Å². The van der Waals surface area contributed by atoms with Crippen LogP contribution in [0.15, 0.2) is 54.6 Å². The summed E-state index contributed by atoms with van der Waals surface area (Å²) in [6, 6.07) is 14.0. The largest absolute Gasteiger partial charge is 0.489 e. The minimum atomic E-state index is -0.877. The number of allylic oxidation sites excluding steroid dienone is 2. The maximum absolute atomic E-state index is 11.4. The van der Waals surface area contributed by atoms with Gasteiger partial charge in [0.05, 0.1) is 11.6 Å². The summed E-state index contributed by atoms with van der Waals surface area (Å²) in [5.74, 6) is 2.83. The second-order valence-corrected chi connectivity index (χ2v) is 8.51. The number of nitrogens with one attached hydrogen (secondary N) is 1. The van der Waals surface area contributed by atoms with Crippen LogP contribution in [-0.2, 0) is 0 Å². The van der Waals surface area contributed by atoms with Crippen molar-refractivity contribution >= 4 is 23.4 Å². The number of carboxylic acids is 1. The summed E-state index contributed by atoms with van der Waals surface area (Å²) in [6.07, 6.45) is 5.78. The second-order valence-electron chi connectivity index (χ2n) is 7.43. The Labute approximate surface area is 162 Å². The van der Waals surface area contributed by atoms with Crippen LogP contribution in [0.25, 0.3) is 0 Å². The maximum Gasteiger partial charge on any atom is 0.335 e. The molecular formula is C22H21NO3S. The Morgan fingerprint density at radius 2 is 2.07 bits per heavy atom. The number of anilines is 1. The van der Waals surface area contributed by atoms with E-state index in [4.69, 9.17) is 4.74 Å². The fourth-order valence-electron chi connectivity index (χ4n) is 4.31. The van der Waals surface area contributed by atoms with Crippen LogP contribution >= 0.6 is 11.8 Å². The molecule has 0 saturated carbocycles. The van der Waals surface area contributed by atoms with Gasteiger partial charge >= 0.3 is 5.97 Å². The lowest BCUT2D eigenvalue weighted by Crippen LogP contribution is -2.31. The Morgan fingerprint density at radius 1 is 1.19 bits per heavy atom. The van der Waals surface area contributed by atoms with E-state index >= 15 is 0 Å². The van der Waals surface area contributed by atoms with Gasteiger partial charge in [-0.1, -0.05) is 24.3 Å². The zero-order valence-electron chi connectivity index (χ0n) is 14.8. The molecule has 1 aliphatic carbocycles. The highest BCUT2D eigenvalue weighted by Crippen LogP contribution is 2.50. The number of benzene rings is 2. The maximum atomic E-state index is 11.4. The number of ether oxygens (including phenoxy) is 1. The SMILES string of the molecule is O=C(O)c1ccc2c(c1)[C@H]1C=CC[C@H]1[C@@H](c1cccc(OC3CSC3)c1)N2. The van der Waals surface area contributed by atoms with Gasteiger partial charge in [0.2, 0.25) is 0 Å². The Hall–Kier alpha value is -2.40. The first-order chi connectivity index (χ1) is 13.2. The summed E-state index contributed by atoms with van der Waals surface area (Å²) >= 11 is 1.92. The zero-order chi connectivity index (χ0) is 18.4. The van der Waals surface area contributed by atoms with Gasteiger partial charge < -0.3 is 15.2 Å². The van der Waals surface area contributed by atoms with E-state index in [9.17, 15) is 9.90 Å². The molecule has 1 saturated heterocycles. The van der Waals surface area contributed by atoms with Crippen molar-refractivity contribution < 1.29 is 14.6 Å². The highest BCUT2D eigenvalue weighted by atomic mass is 32.2. The third-order valence-corrected chi connectivity index (χ3v) is 6.95. The van der Waals surface area contributed by atoms with E-state index in [1.807, 2.05) is 30.0 Å². The van der Waals surface area contributed by atoms with E-state index in [-0.39, 0.29) is 12.0 Å². The van der Waals surface area contributed by atoms with Crippen molar-refractivity contribution in [3.63, 3.8) is 0 Å². The van der Waals surface area contributed by atoms with Crippen LogP contribution in [0, 0.1) is 5.92 Å². The molecule has 1 fully saturated rings. The van der Waals surface area contributed by atoms with E-state index in [0.29, 0.717) is 17.6 Å². The van der Waals surface area contributed by atoms with E-state index in [2.05, 4.69) is 35.7 Å². The van der Waals surface area contributed by atoms with Gasteiger partial charge in [0, 0.05) is 23.1 Å². The first-order valence-electron chi connectivity index (χ1n) is 9.34. The molecule has 5 rings (SSSR count). The van der Waals surface area contributed by atoms with Crippen molar-refractivity contribution in [3.8, 4) is 5.75 Å². The summed E-state index contributed by atoms with van der Waals surface area (Å²) < 4.78 is 6.08. The number of thioether (sulfide) groups is 1. The number of rotatable bonds is 4. The van der Waals surface area contributed by atoms with Crippen LogP contribution in [0.5, 0.6) is 5.75 Å². The molecule has 2 heterocycles. The number of hydrogen-bond donors (Lipinski definition) is 2. The minimum absolute atomic E-state index is 0.187. The molecule has 0 aromatic heterocycles. The van der Waals surface area contributed by atoms with E-state index in [0.717, 1.165) is 34.9 Å². The first-order valence-corrected chi connectivity index (χ1v) is 10.5. The average molecular weight is 379 g/mol. The van der Waals surface area contributed by atoms with Crippen molar-refractivity contribution in [2.24, 2.45) is 5.92 Å². The van der Waals surface area contributed by atoms with Crippen molar-refractivity contribution in [1.82, 2.24) is 0 Å². The molecule has 5 heteroatoms. The van der Waals surface area contributed by atoms with E-state index in [1.165, 1.54) is 5.56 Å². The van der Waals surface area contributed by atoms with Gasteiger partial charge in [-0.3, -0.25) is 0 Å². The van der Waals surface area contributed by atoms with Crippen molar-refractivity contribution in [1.29, 1.82) is 0 Å². The van der Waals surface area contributed by atoms with Crippen LogP contribution < -0.4 is 10.1 Å². The van der Waals surface area contributed by atoms with Crippen LogP contribution in [0.2, 0.25) is 0 Å². The molecule has 27 heavy (non-hydrogen) atoms. The van der Waals surface area contributed by atoms with Crippen molar-refractivity contribution in [3.05, 3.63) is 71.3 Å². The first kappa shape index (κ1) is 16.8. The third-order valence-electron chi connectivity index (χ3n) is 5.74. The highest BCUT2D eigenvalue weighted by Gasteiger charge is 2.38. The molecule has 0 spiro atoms. The molecule has 138 valence electrons. The predicted octanol–water partition coefficient (Wildman–Crippen LogP) is 4.71. The predicted molar refractivity (Wildman–Crippen MR) is 108 cm³/mol. The van der Waals surface area contributed by atoms with E-state index in [1.54, 1.807) is 6.07 Å². The Balaban J connectivity index is 1.47. The lowest BCUT2D eigenvalue weighted by Gasteiger charge is -2.38. The molecule has 3 atom stereocenters. The lowest BCUT2D eigenvalue weighted by atomic mass is 9.76. The molecule has 2 N–H and O–H groups in total. The number of fused-ring (bicyclic) bond motifs is 3. The summed E-state index contributed by atoms with van der Waals surface area (Å²) in [5.41, 5.74) is 3.69. The highest BCUT2D eigenvalue weighted by molar-refractivity contribution is 8.00. The standard InChI is InChI=1S/C22H21NO3S/c24-22(25)14-7-8-20-19(10-14)17-5-2-6-18(17)21(23-20)13-3-1-4-15(9-13)26-16-11-27-12-16/h1-5,7-10,16-18,21,23H,6,11-12H2,(H,24,25)/t17-,18+,21+/m0/s1. The molecule has 2 aliphatic heterocycles. The lowest BCUT2D eigenvalue weighted by molar-refractivity contribution is 0.0696. The quantitative estimate of drug-likeness (QED) is 0.754. The molecule has 4 nitrogen and oxygen atoms in total. The summed E-state index contributed by atoms with van der Waals surface area (Å²) in [7, 11) is 0. The number of carboxylic acid groups (broad SMARTS) is 1. The van der Waals surface area contributed by atoms with Crippen LogP contribution in [0.4, 0.5) is 5.69 Å². The van der Waals surface area contributed by atoms with E-state index < -0.39 is 5.97 Å². The molecule has 0 radical (unpaired) electrons. The monoisotopic (exact) mass is 379 g/mol. The van der Waals surface area contributed by atoms with Gasteiger partial charge in [0.25, 0.3) is 0 Å². The topological polar surface area (TPSA) is 58.6 Å². The van der Waals surface area contributed by atoms with Gasteiger partial charge in [-0.2, -0.15) is 11.8 Å². The number of hydrogen-bond acceptors (Lipinski definition) is 4. The summed E-state index contributed by atoms with van der Waals surface area (Å²) in [5, 5.41) is 13.0. The van der Waals surface area contributed by atoms with Crippen molar-refractivity contribution in [2.45, 2.75) is 24.5 Å². The molecular weight excluding hydrogens is 358 g/mol. The van der Waals surface area contributed by atoms with Gasteiger partial charge in [0.15, 0.2) is 0 Å². The van der Waals surface area contributed by atoms with Crippen LogP contribution in [0.1, 0.15) is 39.9 Å². The zero-order valence-corrected chi connectivity index (χ0v) is 15.6. The molecule has 2 aromatic rings. The fraction of sp³-hybridized carbons (Fsp3) is 0.318. The van der Waals surface area contributed by atoms with Gasteiger partial charge in [-0.25, -0.2) is 4.79 Å². The van der Waals surface area contributed by atoms with Crippen LogP contribution in [0.3, 0.4) is 0 Å². The second kappa shape index (κ2) is 6.64. The Morgan fingerprint density at radius 3 is 2.85 bits per heavy atom. The minimum Gasteiger partial charge on any atom is -0.489 e. The summed E-state index contributed by atoms with van der Waals surface area (Å²) in [4.78, 5) is 11.4. The third kappa shape index (κ3) is 3.00.